The summed E-state index contributed by atoms with van der Waals surface area (Å²) < 4.78 is 6.28. The first kappa shape index (κ1) is 29.8. The first-order valence-electron chi connectivity index (χ1n) is 13.7. The highest BCUT2D eigenvalue weighted by Gasteiger charge is 2.45. The lowest BCUT2D eigenvalue weighted by atomic mass is 9.97. The molecule has 2 aliphatic heterocycles. The Morgan fingerprint density at radius 3 is 2.49 bits per heavy atom. The fraction of sp³-hybridized carbons (Fsp3) is 0.333. The number of benzene rings is 2. The Labute approximate surface area is 252 Å². The average Bonchev–Trinajstić information content (AvgIpc) is 3.60. The summed E-state index contributed by atoms with van der Waals surface area (Å²) in [7, 11) is 0. The maximum atomic E-state index is 14.4. The molecule has 0 bridgehead atoms. The number of ether oxygens (including phenoxy) is 1. The van der Waals surface area contributed by atoms with E-state index in [1.165, 1.54) is 21.9 Å². The Morgan fingerprint density at radius 1 is 1.12 bits per heavy atom. The molecule has 2 atom stereocenters. The Kier molecular flexibility index (Phi) is 8.23. The van der Waals surface area contributed by atoms with Crippen molar-refractivity contribution in [1.29, 1.82) is 0 Å². The quantitative estimate of drug-likeness (QED) is 0.271. The van der Waals surface area contributed by atoms with Crippen LogP contribution in [0.15, 0.2) is 59.7 Å². The Bertz CT molecular complexity index is 1580. The van der Waals surface area contributed by atoms with E-state index < -0.39 is 41.9 Å². The minimum atomic E-state index is -1.25. The van der Waals surface area contributed by atoms with Crippen molar-refractivity contribution in [3.63, 3.8) is 0 Å². The van der Waals surface area contributed by atoms with Crippen LogP contribution < -0.4 is 10.1 Å². The fourth-order valence-electron chi connectivity index (χ4n) is 5.10. The molecule has 43 heavy (non-hydrogen) atoms. The van der Waals surface area contributed by atoms with E-state index in [1.54, 1.807) is 30.5 Å². The van der Waals surface area contributed by atoms with Gasteiger partial charge in [0.05, 0.1) is 17.3 Å². The number of Topliss-reactive ketones (excluding diaryl/α,β-unsaturated/α-hetero) is 1. The molecule has 0 aliphatic carbocycles. The molecular formula is C30H31ClN6O6. The second-order valence-electron chi connectivity index (χ2n) is 11.2. The van der Waals surface area contributed by atoms with E-state index in [2.05, 4.69) is 15.5 Å². The van der Waals surface area contributed by atoms with E-state index in [4.69, 9.17) is 21.3 Å². The molecule has 3 amide bonds. The van der Waals surface area contributed by atoms with Crippen LogP contribution in [0.5, 0.6) is 5.75 Å². The van der Waals surface area contributed by atoms with Gasteiger partial charge < -0.3 is 20.1 Å². The number of ketones is 1. The van der Waals surface area contributed by atoms with Gasteiger partial charge in [0.15, 0.2) is 5.78 Å². The third-order valence-electron chi connectivity index (χ3n) is 6.91. The van der Waals surface area contributed by atoms with Crippen LogP contribution in [0.3, 0.4) is 0 Å². The van der Waals surface area contributed by atoms with Gasteiger partial charge in [-0.05, 0) is 56.7 Å². The molecule has 5 rings (SSSR count). The zero-order valence-electron chi connectivity index (χ0n) is 23.8. The van der Waals surface area contributed by atoms with E-state index in [0.717, 1.165) is 5.56 Å². The maximum absolute atomic E-state index is 14.4. The van der Waals surface area contributed by atoms with Gasteiger partial charge in [0.2, 0.25) is 5.91 Å². The van der Waals surface area contributed by atoms with Gasteiger partial charge >= 0.3 is 12.0 Å². The topological polar surface area (TPSA) is 157 Å². The summed E-state index contributed by atoms with van der Waals surface area (Å²) >= 11 is 6.21. The fourth-order valence-corrected chi connectivity index (χ4v) is 5.22. The summed E-state index contributed by atoms with van der Waals surface area (Å²) in [5, 5.41) is 19.5. The first-order chi connectivity index (χ1) is 20.4. The molecule has 224 valence electrons. The number of carboxylic acids is 1. The number of aromatic nitrogens is 2. The van der Waals surface area contributed by atoms with Crippen molar-refractivity contribution in [3.05, 3.63) is 82.1 Å². The van der Waals surface area contributed by atoms with Gasteiger partial charge in [-0.25, -0.2) is 4.79 Å². The summed E-state index contributed by atoms with van der Waals surface area (Å²) in [5.74, 6) is -1.61. The van der Waals surface area contributed by atoms with Crippen molar-refractivity contribution >= 4 is 41.1 Å². The number of hydrogen-bond donors (Lipinski definition) is 3. The number of hydrogen-bond acceptors (Lipinski definition) is 7. The number of halogens is 1. The first-order valence-corrected chi connectivity index (χ1v) is 14.0. The molecule has 3 N–H and O–H groups in total. The number of aliphatic imine (C=N–C) groups is 1. The van der Waals surface area contributed by atoms with E-state index in [-0.39, 0.29) is 29.6 Å². The monoisotopic (exact) mass is 606 g/mol. The lowest BCUT2D eigenvalue weighted by molar-refractivity contribution is -0.136. The van der Waals surface area contributed by atoms with Crippen LogP contribution in [-0.2, 0) is 9.59 Å². The second-order valence-corrected chi connectivity index (χ2v) is 11.7. The predicted octanol–water partition coefficient (Wildman–Crippen LogP) is 3.99. The van der Waals surface area contributed by atoms with Gasteiger partial charge in [0.25, 0.3) is 0 Å². The minimum Gasteiger partial charge on any atom is -0.487 e. The summed E-state index contributed by atoms with van der Waals surface area (Å²) in [5.41, 5.74) is 1.23. The third-order valence-corrected chi connectivity index (χ3v) is 7.16. The van der Waals surface area contributed by atoms with E-state index in [1.807, 2.05) is 32.9 Å². The predicted molar refractivity (Wildman–Crippen MR) is 157 cm³/mol. The van der Waals surface area contributed by atoms with Gasteiger partial charge in [0, 0.05) is 29.9 Å². The largest absolute Gasteiger partial charge is 0.487 e. The number of carbonyl (C=O) groups is 4. The number of amidine groups is 1. The normalized spacial score (nSPS) is 18.7. The molecule has 0 saturated carbocycles. The van der Waals surface area contributed by atoms with Crippen molar-refractivity contribution in [2.24, 2.45) is 4.99 Å². The number of aromatic amines is 1. The Balaban J connectivity index is 1.69. The van der Waals surface area contributed by atoms with Gasteiger partial charge in [-0.2, -0.15) is 5.10 Å². The Hall–Kier alpha value is -4.71. The van der Waals surface area contributed by atoms with Crippen molar-refractivity contribution in [2.45, 2.75) is 44.9 Å². The molecule has 3 aromatic rings. The van der Waals surface area contributed by atoms with E-state index in [0.29, 0.717) is 29.4 Å². The van der Waals surface area contributed by atoms with Crippen molar-refractivity contribution in [2.75, 3.05) is 19.6 Å². The zero-order chi connectivity index (χ0) is 30.9. The van der Waals surface area contributed by atoms with Gasteiger partial charge in [-0.15, -0.1) is 0 Å². The molecular weight excluding hydrogens is 576 g/mol. The van der Waals surface area contributed by atoms with Crippen LogP contribution in [-0.4, -0.2) is 79.9 Å². The molecule has 2 unspecified atom stereocenters. The number of aliphatic carboxylic acids is 1. The van der Waals surface area contributed by atoms with Crippen molar-refractivity contribution in [1.82, 2.24) is 25.3 Å². The molecule has 0 radical (unpaired) electrons. The molecule has 2 aromatic carbocycles. The van der Waals surface area contributed by atoms with Crippen LogP contribution in [0.2, 0.25) is 5.02 Å². The number of H-pyrrole nitrogens is 1. The number of nitrogens with zero attached hydrogens (tertiary/aromatic N) is 4. The highest BCUT2D eigenvalue weighted by Crippen LogP contribution is 2.45. The smallest absolute Gasteiger partial charge is 0.326 e. The molecule has 1 fully saturated rings. The summed E-state index contributed by atoms with van der Waals surface area (Å²) in [6, 6.07) is 11.7. The summed E-state index contributed by atoms with van der Waals surface area (Å²) in [6.07, 6.45) is 0.914. The molecule has 13 heteroatoms. The number of carbonyl (C=O) groups excluding carboxylic acids is 3. The van der Waals surface area contributed by atoms with Crippen molar-refractivity contribution in [3.8, 4) is 5.75 Å². The highest BCUT2D eigenvalue weighted by molar-refractivity contribution is 6.30. The standard InChI is InChI=1S/C30H31ClN6O6/c1-30(2,3)43-23-14-18(22(38)15-25(40)41)6-9-20(23)28-34-26(21-10-11-33-35-21)27(17-4-7-19(31)8-5-17)37(28)29(42)36-13-12-32-24(39)16-36/h4-11,14,26-27H,12-13,15-16H2,1-3H3,(H,32,39)(H,33,35)(H,40,41). The number of carboxylic acid groups (broad SMARTS) is 1. The van der Waals surface area contributed by atoms with Gasteiger partial charge in [-0.1, -0.05) is 29.8 Å². The van der Waals surface area contributed by atoms with Crippen LogP contribution in [0.25, 0.3) is 0 Å². The van der Waals surface area contributed by atoms with Gasteiger partial charge in [0.1, 0.15) is 36.2 Å². The Morgan fingerprint density at radius 2 is 1.86 bits per heavy atom. The molecule has 1 aromatic heterocycles. The minimum absolute atomic E-state index is 0.126. The average molecular weight is 607 g/mol. The van der Waals surface area contributed by atoms with Gasteiger partial charge in [-0.3, -0.25) is 29.4 Å². The second kappa shape index (κ2) is 11.9. The summed E-state index contributed by atoms with van der Waals surface area (Å²) in [6.45, 7) is 5.97. The molecule has 0 spiro atoms. The van der Waals surface area contributed by atoms with Crippen LogP contribution in [0.1, 0.15) is 66.5 Å². The number of rotatable bonds is 7. The van der Waals surface area contributed by atoms with Crippen LogP contribution in [0, 0.1) is 0 Å². The van der Waals surface area contributed by atoms with E-state index in [9.17, 15) is 24.3 Å². The number of piperazine rings is 1. The molecule has 3 heterocycles. The van der Waals surface area contributed by atoms with Crippen LogP contribution >= 0.6 is 11.6 Å². The highest BCUT2D eigenvalue weighted by atomic mass is 35.5. The lowest BCUT2D eigenvalue weighted by Crippen LogP contribution is -2.55. The van der Waals surface area contributed by atoms with Crippen molar-refractivity contribution < 1.29 is 29.0 Å². The number of nitrogens with one attached hydrogen (secondary N) is 2. The molecule has 12 nitrogen and oxygen atoms in total. The maximum Gasteiger partial charge on any atom is 0.326 e. The third kappa shape index (κ3) is 6.54. The van der Waals surface area contributed by atoms with Crippen LogP contribution in [0.4, 0.5) is 4.79 Å². The number of amides is 3. The molecule has 2 aliphatic rings. The molecule has 1 saturated heterocycles. The summed E-state index contributed by atoms with van der Waals surface area (Å²) in [4.78, 5) is 58.6. The lowest BCUT2D eigenvalue weighted by Gasteiger charge is -2.36. The zero-order valence-corrected chi connectivity index (χ0v) is 24.6. The van der Waals surface area contributed by atoms with E-state index >= 15 is 0 Å². The number of urea groups is 1. The SMILES string of the molecule is CC(C)(C)Oc1cc(C(=O)CC(=O)O)ccc1C1=NC(c2ccn[nH]2)C(c2ccc(Cl)cc2)N1C(=O)N1CCNC(=O)C1.